The number of para-hydroxylation sites is 1. The number of nitrogens with zero attached hydrogens (tertiary/aromatic N) is 2. The zero-order valence-corrected chi connectivity index (χ0v) is 17.8. The normalized spacial score (nSPS) is 14.3. The zero-order chi connectivity index (χ0) is 21.7. The van der Waals surface area contributed by atoms with Gasteiger partial charge in [-0.25, -0.2) is 0 Å². The SMILES string of the molecule is CCc1ccccc1N(CC(=O)NC1CCCCC1)C(=O)c1snc(C(N)=O)c1N. The lowest BCUT2D eigenvalue weighted by atomic mass is 9.95. The number of anilines is 2. The monoisotopic (exact) mass is 429 g/mol. The van der Waals surface area contributed by atoms with Gasteiger partial charge in [0.1, 0.15) is 11.4 Å². The van der Waals surface area contributed by atoms with E-state index in [1.54, 1.807) is 6.07 Å². The minimum atomic E-state index is -0.793. The van der Waals surface area contributed by atoms with Gasteiger partial charge in [-0.2, -0.15) is 4.37 Å². The first-order chi connectivity index (χ1) is 14.4. The van der Waals surface area contributed by atoms with Crippen LogP contribution in [0.1, 0.15) is 64.8 Å². The number of aryl methyl sites for hydroxylation is 1. The number of aromatic nitrogens is 1. The number of primary amides is 1. The molecule has 3 rings (SSSR count). The predicted molar refractivity (Wildman–Crippen MR) is 118 cm³/mol. The van der Waals surface area contributed by atoms with Crippen LogP contribution in [0, 0.1) is 0 Å². The number of hydrogen-bond donors (Lipinski definition) is 3. The lowest BCUT2D eigenvalue weighted by Gasteiger charge is -2.27. The molecule has 0 atom stereocenters. The predicted octanol–water partition coefficient (Wildman–Crippen LogP) is 2.48. The highest BCUT2D eigenvalue weighted by Gasteiger charge is 2.29. The van der Waals surface area contributed by atoms with E-state index in [0.29, 0.717) is 12.1 Å². The van der Waals surface area contributed by atoms with Gasteiger partial charge >= 0.3 is 0 Å². The first kappa shape index (κ1) is 21.8. The maximum absolute atomic E-state index is 13.4. The lowest BCUT2D eigenvalue weighted by molar-refractivity contribution is -0.120. The Morgan fingerprint density at radius 3 is 2.53 bits per heavy atom. The molecule has 1 saturated carbocycles. The average Bonchev–Trinajstić information content (AvgIpc) is 3.14. The Kier molecular flexibility index (Phi) is 7.04. The first-order valence-electron chi connectivity index (χ1n) is 10.2. The molecule has 1 aromatic heterocycles. The molecule has 1 fully saturated rings. The summed E-state index contributed by atoms with van der Waals surface area (Å²) in [6.45, 7) is 1.84. The van der Waals surface area contributed by atoms with Crippen molar-refractivity contribution in [3.8, 4) is 0 Å². The Labute approximate surface area is 179 Å². The van der Waals surface area contributed by atoms with Crippen molar-refractivity contribution < 1.29 is 14.4 Å². The highest BCUT2D eigenvalue weighted by Crippen LogP contribution is 2.28. The van der Waals surface area contributed by atoms with Gasteiger partial charge in [0.2, 0.25) is 5.91 Å². The van der Waals surface area contributed by atoms with Crippen molar-refractivity contribution in [2.45, 2.75) is 51.5 Å². The van der Waals surface area contributed by atoms with Crippen LogP contribution in [0.2, 0.25) is 0 Å². The first-order valence-corrected chi connectivity index (χ1v) is 10.9. The van der Waals surface area contributed by atoms with E-state index in [0.717, 1.165) is 42.8 Å². The third-order valence-corrected chi connectivity index (χ3v) is 6.19. The van der Waals surface area contributed by atoms with Crippen molar-refractivity contribution in [3.63, 3.8) is 0 Å². The Bertz CT molecular complexity index is 936. The fourth-order valence-corrected chi connectivity index (χ4v) is 4.51. The molecule has 0 unspecified atom stereocenters. The van der Waals surface area contributed by atoms with Crippen molar-refractivity contribution in [3.05, 3.63) is 40.4 Å². The number of nitrogens with one attached hydrogen (secondary N) is 1. The fraction of sp³-hybridized carbons (Fsp3) is 0.429. The molecule has 5 N–H and O–H groups in total. The standard InChI is InChI=1S/C21H27N5O3S/c1-2-13-8-6-7-11-15(13)26(12-16(27)24-14-9-4-3-5-10-14)21(29)19-17(22)18(20(23)28)25-30-19/h6-8,11,14H,2-5,9-10,12,22H2,1H3,(H2,23,28)(H,24,27). The van der Waals surface area contributed by atoms with Crippen molar-refractivity contribution >= 4 is 40.6 Å². The minimum absolute atomic E-state index is 0.0517. The van der Waals surface area contributed by atoms with Gasteiger partial charge in [0.05, 0.1) is 5.69 Å². The van der Waals surface area contributed by atoms with E-state index in [2.05, 4.69) is 9.69 Å². The molecule has 3 amide bonds. The Morgan fingerprint density at radius 1 is 1.20 bits per heavy atom. The second-order valence-corrected chi connectivity index (χ2v) is 8.19. The van der Waals surface area contributed by atoms with Gasteiger partial charge in [-0.05, 0) is 42.4 Å². The van der Waals surface area contributed by atoms with Crippen LogP contribution in [0.4, 0.5) is 11.4 Å². The van der Waals surface area contributed by atoms with Gasteiger partial charge in [0, 0.05) is 11.7 Å². The molecular formula is C21H27N5O3S. The second-order valence-electron chi connectivity index (χ2n) is 7.41. The molecule has 0 saturated heterocycles. The smallest absolute Gasteiger partial charge is 0.272 e. The second kappa shape index (κ2) is 9.71. The Balaban J connectivity index is 1.90. The van der Waals surface area contributed by atoms with Crippen molar-refractivity contribution in [1.82, 2.24) is 9.69 Å². The van der Waals surface area contributed by atoms with Gasteiger partial charge in [0.25, 0.3) is 11.8 Å². The van der Waals surface area contributed by atoms with Crippen molar-refractivity contribution in [2.75, 3.05) is 17.2 Å². The van der Waals surface area contributed by atoms with Crippen molar-refractivity contribution in [1.29, 1.82) is 0 Å². The molecule has 0 aliphatic heterocycles. The molecule has 2 aromatic rings. The molecule has 1 aromatic carbocycles. The summed E-state index contributed by atoms with van der Waals surface area (Å²) in [7, 11) is 0. The number of nitrogen functional groups attached to an aromatic ring is 1. The van der Waals surface area contributed by atoms with Gasteiger partial charge in [-0.3, -0.25) is 19.3 Å². The zero-order valence-electron chi connectivity index (χ0n) is 17.0. The van der Waals surface area contributed by atoms with Crippen LogP contribution in [0.25, 0.3) is 0 Å². The van der Waals surface area contributed by atoms with Crippen LogP contribution in [-0.4, -0.2) is 34.7 Å². The molecule has 1 aliphatic carbocycles. The van der Waals surface area contributed by atoms with Gasteiger partial charge in [-0.15, -0.1) is 0 Å². The van der Waals surface area contributed by atoms with Crippen LogP contribution in [0.3, 0.4) is 0 Å². The van der Waals surface area contributed by atoms with E-state index in [1.165, 1.54) is 11.3 Å². The summed E-state index contributed by atoms with van der Waals surface area (Å²) < 4.78 is 3.92. The topological polar surface area (TPSA) is 131 Å². The molecule has 1 heterocycles. The number of benzene rings is 1. The number of carbonyl (C=O) groups excluding carboxylic acids is 3. The number of nitrogens with two attached hydrogens (primary N) is 2. The van der Waals surface area contributed by atoms with Gasteiger partial charge < -0.3 is 16.8 Å². The summed E-state index contributed by atoms with van der Waals surface area (Å²) in [4.78, 5) is 39.2. The summed E-state index contributed by atoms with van der Waals surface area (Å²) in [6.07, 6.45) is 5.98. The van der Waals surface area contributed by atoms with Crippen LogP contribution >= 0.6 is 11.5 Å². The third-order valence-electron chi connectivity index (χ3n) is 5.34. The number of carbonyl (C=O) groups is 3. The molecule has 8 nitrogen and oxygen atoms in total. The fourth-order valence-electron chi connectivity index (χ4n) is 3.76. The maximum atomic E-state index is 13.4. The molecule has 30 heavy (non-hydrogen) atoms. The third kappa shape index (κ3) is 4.79. The average molecular weight is 430 g/mol. The molecule has 9 heteroatoms. The van der Waals surface area contributed by atoms with E-state index < -0.39 is 11.8 Å². The summed E-state index contributed by atoms with van der Waals surface area (Å²) in [5, 5.41) is 3.05. The summed E-state index contributed by atoms with van der Waals surface area (Å²) in [5.41, 5.74) is 12.6. The van der Waals surface area contributed by atoms with Gasteiger partial charge in [-0.1, -0.05) is 44.4 Å². The highest BCUT2D eigenvalue weighted by molar-refractivity contribution is 7.09. The Morgan fingerprint density at radius 2 is 1.90 bits per heavy atom. The molecule has 0 spiro atoms. The number of hydrogen-bond acceptors (Lipinski definition) is 6. The number of amides is 3. The molecule has 160 valence electrons. The van der Waals surface area contributed by atoms with E-state index in [4.69, 9.17) is 11.5 Å². The van der Waals surface area contributed by atoms with Crippen molar-refractivity contribution in [2.24, 2.45) is 5.73 Å². The molecule has 0 bridgehead atoms. The van der Waals surface area contributed by atoms with Crippen LogP contribution in [0.5, 0.6) is 0 Å². The van der Waals surface area contributed by atoms with E-state index >= 15 is 0 Å². The van der Waals surface area contributed by atoms with E-state index in [1.807, 2.05) is 25.1 Å². The highest BCUT2D eigenvalue weighted by atomic mass is 32.1. The quantitative estimate of drug-likeness (QED) is 0.622. The minimum Gasteiger partial charge on any atom is -0.395 e. The van der Waals surface area contributed by atoms with Gasteiger partial charge in [0.15, 0.2) is 5.69 Å². The number of rotatable bonds is 7. The molecular weight excluding hydrogens is 402 g/mol. The van der Waals surface area contributed by atoms with Crippen LogP contribution in [-0.2, 0) is 11.2 Å². The summed E-state index contributed by atoms with van der Waals surface area (Å²) in [6, 6.07) is 7.56. The lowest BCUT2D eigenvalue weighted by Crippen LogP contribution is -2.45. The largest absolute Gasteiger partial charge is 0.395 e. The molecule has 1 aliphatic rings. The summed E-state index contributed by atoms with van der Waals surface area (Å²) >= 11 is 0.813. The Hall–Kier alpha value is -2.94. The van der Waals surface area contributed by atoms with Crippen LogP contribution in [0.15, 0.2) is 24.3 Å². The summed E-state index contributed by atoms with van der Waals surface area (Å²) in [5.74, 6) is -1.49. The molecule has 0 radical (unpaired) electrons. The van der Waals surface area contributed by atoms with E-state index in [-0.39, 0.29) is 34.8 Å². The van der Waals surface area contributed by atoms with E-state index in [9.17, 15) is 14.4 Å². The van der Waals surface area contributed by atoms with Crippen LogP contribution < -0.4 is 21.7 Å². The maximum Gasteiger partial charge on any atom is 0.272 e.